The van der Waals surface area contributed by atoms with Crippen molar-refractivity contribution < 1.29 is 0 Å². The van der Waals surface area contributed by atoms with E-state index in [1.165, 1.54) is 5.56 Å². The molecule has 3 nitrogen and oxygen atoms in total. The molecule has 0 aliphatic heterocycles. The quantitative estimate of drug-likeness (QED) is 0.808. The lowest BCUT2D eigenvalue weighted by Crippen LogP contribution is -2.21. The predicted molar refractivity (Wildman–Crippen MR) is 92.1 cm³/mol. The van der Waals surface area contributed by atoms with Crippen LogP contribution in [0.3, 0.4) is 0 Å². The van der Waals surface area contributed by atoms with Crippen LogP contribution in [0.2, 0.25) is 0 Å². The lowest BCUT2D eigenvalue weighted by molar-refractivity contribution is 0.549. The Labute approximate surface area is 132 Å². The van der Waals surface area contributed by atoms with E-state index in [1.807, 2.05) is 0 Å². The monoisotopic (exact) mass is 303 g/mol. The minimum atomic E-state index is 0.677. The molecule has 0 saturated carbocycles. The van der Waals surface area contributed by atoms with E-state index in [9.17, 15) is 0 Å². The van der Waals surface area contributed by atoms with Crippen LogP contribution < -0.4 is 10.2 Å². The fraction of sp³-hybridized carbons (Fsp3) is 0.471. The number of aromatic nitrogens is 1. The Hall–Kier alpha value is -1.39. The number of nitrogens with one attached hydrogen (secondary N) is 1. The summed E-state index contributed by atoms with van der Waals surface area (Å²) in [5.41, 5.74) is 2.52. The third-order valence-corrected chi connectivity index (χ3v) is 4.31. The van der Waals surface area contributed by atoms with Crippen molar-refractivity contribution in [2.75, 3.05) is 25.0 Å². The van der Waals surface area contributed by atoms with E-state index in [1.54, 1.807) is 11.3 Å². The predicted octanol–water partition coefficient (Wildman–Crippen LogP) is 3.57. The fourth-order valence-corrected chi connectivity index (χ4v) is 2.90. The molecule has 0 saturated heterocycles. The van der Waals surface area contributed by atoms with Gasteiger partial charge in [0.2, 0.25) is 0 Å². The topological polar surface area (TPSA) is 28.2 Å². The maximum absolute atomic E-state index is 4.70. The van der Waals surface area contributed by atoms with Crippen molar-refractivity contribution in [3.05, 3.63) is 47.0 Å². The Morgan fingerprint density at radius 3 is 2.71 bits per heavy atom. The average Bonchev–Trinajstić information content (AvgIpc) is 2.94. The molecule has 21 heavy (non-hydrogen) atoms. The molecule has 0 radical (unpaired) electrons. The maximum Gasteiger partial charge on any atom is 0.185 e. The highest BCUT2D eigenvalue weighted by atomic mass is 32.1. The maximum atomic E-state index is 4.70. The van der Waals surface area contributed by atoms with Gasteiger partial charge < -0.3 is 10.2 Å². The summed E-state index contributed by atoms with van der Waals surface area (Å²) < 4.78 is 0. The number of rotatable bonds is 8. The van der Waals surface area contributed by atoms with Gasteiger partial charge in [-0.15, -0.1) is 11.3 Å². The molecular weight excluding hydrogens is 278 g/mol. The Morgan fingerprint density at radius 2 is 2.00 bits per heavy atom. The van der Waals surface area contributed by atoms with Crippen molar-refractivity contribution in [2.45, 2.75) is 26.8 Å². The normalized spacial score (nSPS) is 11.0. The zero-order valence-corrected chi connectivity index (χ0v) is 14.0. The van der Waals surface area contributed by atoms with Gasteiger partial charge in [-0.05, 0) is 24.4 Å². The highest BCUT2D eigenvalue weighted by Crippen LogP contribution is 2.19. The number of nitrogens with zero attached hydrogens (tertiary/aromatic N) is 2. The van der Waals surface area contributed by atoms with Crippen molar-refractivity contribution in [1.82, 2.24) is 10.3 Å². The number of benzene rings is 1. The van der Waals surface area contributed by atoms with Gasteiger partial charge in [-0.25, -0.2) is 4.98 Å². The summed E-state index contributed by atoms with van der Waals surface area (Å²) in [4.78, 5) is 6.94. The second-order valence-electron chi connectivity index (χ2n) is 5.80. The first-order chi connectivity index (χ1) is 10.1. The zero-order chi connectivity index (χ0) is 15.1. The highest BCUT2D eigenvalue weighted by Gasteiger charge is 2.07. The van der Waals surface area contributed by atoms with Gasteiger partial charge >= 0.3 is 0 Å². The van der Waals surface area contributed by atoms with E-state index >= 15 is 0 Å². The Balaban J connectivity index is 1.80. The van der Waals surface area contributed by atoms with Gasteiger partial charge in [-0.1, -0.05) is 44.2 Å². The second kappa shape index (κ2) is 8.15. The largest absolute Gasteiger partial charge is 0.351 e. The molecule has 1 aromatic carbocycles. The van der Waals surface area contributed by atoms with Crippen LogP contribution in [0.4, 0.5) is 5.13 Å². The summed E-state index contributed by atoms with van der Waals surface area (Å²) in [6.45, 7) is 7.34. The van der Waals surface area contributed by atoms with E-state index in [-0.39, 0.29) is 0 Å². The van der Waals surface area contributed by atoms with E-state index in [0.29, 0.717) is 5.92 Å². The molecule has 0 spiro atoms. The van der Waals surface area contributed by atoms with Gasteiger partial charge in [-0.2, -0.15) is 0 Å². The first-order valence-corrected chi connectivity index (χ1v) is 8.43. The number of hydrogen-bond acceptors (Lipinski definition) is 4. The standard InChI is InChI=1S/C17H25N3S/c1-14(2)11-18-12-16-13-21-17(19-16)20(3)10-9-15-7-5-4-6-8-15/h4-8,13-14,18H,9-12H2,1-3H3. The molecule has 4 heteroatoms. The van der Waals surface area contributed by atoms with Gasteiger partial charge in [0.1, 0.15) is 0 Å². The highest BCUT2D eigenvalue weighted by molar-refractivity contribution is 7.13. The summed E-state index contributed by atoms with van der Waals surface area (Å²) in [6.07, 6.45) is 1.05. The lowest BCUT2D eigenvalue weighted by Gasteiger charge is -2.15. The summed E-state index contributed by atoms with van der Waals surface area (Å²) in [6, 6.07) is 10.6. The molecule has 0 amide bonds. The van der Waals surface area contributed by atoms with Crippen molar-refractivity contribution in [3.63, 3.8) is 0 Å². The molecule has 114 valence electrons. The van der Waals surface area contributed by atoms with Crippen LogP contribution in [0.1, 0.15) is 25.1 Å². The van der Waals surface area contributed by atoms with Gasteiger partial charge in [0, 0.05) is 25.5 Å². The SMILES string of the molecule is CC(C)CNCc1csc(N(C)CCc2ccccc2)n1. The van der Waals surface area contributed by atoms with E-state index in [4.69, 9.17) is 4.98 Å². The minimum Gasteiger partial charge on any atom is -0.351 e. The van der Waals surface area contributed by atoms with Gasteiger partial charge in [0.05, 0.1) is 5.69 Å². The first-order valence-electron chi connectivity index (χ1n) is 7.55. The number of thiazole rings is 1. The Kier molecular flexibility index (Phi) is 6.21. The smallest absolute Gasteiger partial charge is 0.185 e. The van der Waals surface area contributed by atoms with Crippen LogP contribution in [0, 0.1) is 5.92 Å². The van der Waals surface area contributed by atoms with E-state index in [2.05, 4.69) is 66.8 Å². The first kappa shape index (κ1) is 16.0. The molecule has 1 N–H and O–H groups in total. The average molecular weight is 303 g/mol. The molecule has 2 aromatic rings. The number of likely N-dealkylation sites (N-methyl/N-ethyl adjacent to an activating group) is 1. The molecule has 2 rings (SSSR count). The van der Waals surface area contributed by atoms with Crippen LogP contribution in [0.25, 0.3) is 0 Å². The van der Waals surface area contributed by atoms with E-state index < -0.39 is 0 Å². The fourth-order valence-electron chi connectivity index (χ4n) is 2.08. The van der Waals surface area contributed by atoms with Crippen LogP contribution in [-0.2, 0) is 13.0 Å². The van der Waals surface area contributed by atoms with Crippen molar-refractivity contribution in [3.8, 4) is 0 Å². The molecule has 0 unspecified atom stereocenters. The molecule has 1 heterocycles. The molecule has 1 aromatic heterocycles. The van der Waals surface area contributed by atoms with Crippen LogP contribution in [-0.4, -0.2) is 25.1 Å². The second-order valence-corrected chi connectivity index (χ2v) is 6.64. The lowest BCUT2D eigenvalue weighted by atomic mass is 10.1. The van der Waals surface area contributed by atoms with Crippen molar-refractivity contribution in [2.24, 2.45) is 5.92 Å². The van der Waals surface area contributed by atoms with Crippen molar-refractivity contribution >= 4 is 16.5 Å². The minimum absolute atomic E-state index is 0.677. The molecule has 0 fully saturated rings. The third kappa shape index (κ3) is 5.48. The summed E-state index contributed by atoms with van der Waals surface area (Å²) in [7, 11) is 2.12. The zero-order valence-electron chi connectivity index (χ0n) is 13.2. The number of anilines is 1. The summed E-state index contributed by atoms with van der Waals surface area (Å²) >= 11 is 1.73. The molecular formula is C17H25N3S. The van der Waals surface area contributed by atoms with Gasteiger partial charge in [-0.3, -0.25) is 0 Å². The van der Waals surface area contributed by atoms with E-state index in [0.717, 1.165) is 36.9 Å². The van der Waals surface area contributed by atoms with Crippen LogP contribution >= 0.6 is 11.3 Å². The van der Waals surface area contributed by atoms with Crippen LogP contribution in [0.15, 0.2) is 35.7 Å². The summed E-state index contributed by atoms with van der Waals surface area (Å²) in [5.74, 6) is 0.677. The number of hydrogen-bond donors (Lipinski definition) is 1. The molecule has 0 aliphatic carbocycles. The molecule has 0 atom stereocenters. The molecule has 0 aliphatic rings. The van der Waals surface area contributed by atoms with Gasteiger partial charge in [0.25, 0.3) is 0 Å². The van der Waals surface area contributed by atoms with Gasteiger partial charge in [0.15, 0.2) is 5.13 Å². The van der Waals surface area contributed by atoms with Crippen molar-refractivity contribution in [1.29, 1.82) is 0 Å². The summed E-state index contributed by atoms with van der Waals surface area (Å²) in [5, 5.41) is 6.70. The Bertz CT molecular complexity index is 522. The third-order valence-electron chi connectivity index (χ3n) is 3.30. The molecule has 0 bridgehead atoms. The Morgan fingerprint density at radius 1 is 1.24 bits per heavy atom. The van der Waals surface area contributed by atoms with Crippen LogP contribution in [0.5, 0.6) is 0 Å².